The van der Waals surface area contributed by atoms with E-state index >= 15 is 0 Å². The van der Waals surface area contributed by atoms with Crippen LogP contribution in [-0.4, -0.2) is 17.7 Å². The normalized spacial score (nSPS) is 11.9. The molecule has 3 nitrogen and oxygen atoms in total. The average molecular weight is 215 g/mol. The summed E-state index contributed by atoms with van der Waals surface area (Å²) in [4.78, 5) is 8.45. The molecular formula is C13H17N3. The van der Waals surface area contributed by atoms with Gasteiger partial charge >= 0.3 is 0 Å². The highest BCUT2D eigenvalue weighted by Gasteiger charge is 1.94. The second-order valence-corrected chi connectivity index (χ2v) is 3.21. The van der Waals surface area contributed by atoms with Gasteiger partial charge < -0.3 is 5.32 Å². The number of aliphatic imine (C=N–C) groups is 1. The van der Waals surface area contributed by atoms with Gasteiger partial charge in [-0.3, -0.25) is 9.98 Å². The zero-order valence-corrected chi connectivity index (χ0v) is 9.56. The van der Waals surface area contributed by atoms with Crippen LogP contribution in [0.15, 0.2) is 53.8 Å². The Morgan fingerprint density at radius 3 is 3.06 bits per heavy atom. The van der Waals surface area contributed by atoms with Crippen LogP contribution in [0.5, 0.6) is 0 Å². The van der Waals surface area contributed by atoms with Crippen molar-refractivity contribution >= 4 is 6.21 Å². The minimum Gasteiger partial charge on any atom is -0.306 e. The molecular weight excluding hydrogens is 198 g/mol. The molecule has 1 heterocycles. The quantitative estimate of drug-likeness (QED) is 0.584. The van der Waals surface area contributed by atoms with Gasteiger partial charge in [0.1, 0.15) is 0 Å². The molecule has 0 unspecified atom stereocenters. The number of pyridine rings is 1. The molecule has 3 heteroatoms. The Balaban J connectivity index is 2.39. The lowest BCUT2D eigenvalue weighted by Gasteiger charge is -2.04. The largest absolute Gasteiger partial charge is 0.306 e. The molecule has 1 aromatic rings. The maximum Gasteiger partial charge on any atom is 0.0541 e. The number of aromatic nitrogens is 1. The van der Waals surface area contributed by atoms with E-state index in [4.69, 9.17) is 0 Å². The third-order valence-corrected chi connectivity index (χ3v) is 1.94. The lowest BCUT2D eigenvalue weighted by atomic mass is 10.3. The first-order valence-electron chi connectivity index (χ1n) is 5.27. The van der Waals surface area contributed by atoms with Crippen LogP contribution in [-0.2, 0) is 6.54 Å². The molecule has 84 valence electrons. The Morgan fingerprint density at radius 2 is 2.44 bits per heavy atom. The summed E-state index contributed by atoms with van der Waals surface area (Å²) in [6, 6.07) is 5.88. The van der Waals surface area contributed by atoms with E-state index in [-0.39, 0.29) is 0 Å². The van der Waals surface area contributed by atoms with Crippen molar-refractivity contribution in [2.24, 2.45) is 4.99 Å². The lowest BCUT2D eigenvalue weighted by Crippen LogP contribution is -2.16. The number of nitrogens with one attached hydrogen (secondary N) is 1. The molecule has 0 atom stereocenters. The van der Waals surface area contributed by atoms with Gasteiger partial charge in [-0.25, -0.2) is 0 Å². The second kappa shape index (κ2) is 7.54. The fraction of sp³-hybridized carbons (Fsp3) is 0.231. The predicted molar refractivity (Wildman–Crippen MR) is 68.4 cm³/mol. The average Bonchev–Trinajstić information content (AvgIpc) is 2.31. The van der Waals surface area contributed by atoms with Crippen molar-refractivity contribution in [3.05, 3.63) is 54.5 Å². The molecule has 0 saturated heterocycles. The SMILES string of the molecule is C=C/C=C(/CNCc1ccccn1)N=CC. The van der Waals surface area contributed by atoms with Crippen molar-refractivity contribution < 1.29 is 0 Å². The Morgan fingerprint density at radius 1 is 1.56 bits per heavy atom. The zero-order chi connectivity index (χ0) is 11.6. The lowest BCUT2D eigenvalue weighted by molar-refractivity contribution is 0.719. The fourth-order valence-electron chi connectivity index (χ4n) is 1.27. The molecule has 0 aliphatic carbocycles. The molecule has 0 bridgehead atoms. The number of rotatable bonds is 6. The standard InChI is InChI=1S/C13H17N3/c1-3-7-12(15-4-2)10-14-11-13-8-5-6-9-16-13/h3-9,14H,1,10-11H2,2H3/b12-7-,15-4?. The van der Waals surface area contributed by atoms with Gasteiger partial charge in [-0.15, -0.1) is 0 Å². The summed E-state index contributed by atoms with van der Waals surface area (Å²) < 4.78 is 0. The van der Waals surface area contributed by atoms with Crippen LogP contribution < -0.4 is 5.32 Å². The number of hydrogen-bond acceptors (Lipinski definition) is 3. The predicted octanol–water partition coefficient (Wildman–Crippen LogP) is 2.33. The van der Waals surface area contributed by atoms with E-state index < -0.39 is 0 Å². The van der Waals surface area contributed by atoms with Gasteiger partial charge in [0.25, 0.3) is 0 Å². The number of hydrogen-bond donors (Lipinski definition) is 1. The summed E-state index contributed by atoms with van der Waals surface area (Å²) in [7, 11) is 0. The Kier molecular flexibility index (Phi) is 5.81. The molecule has 0 amide bonds. The van der Waals surface area contributed by atoms with Crippen LogP contribution in [0.4, 0.5) is 0 Å². The highest BCUT2D eigenvalue weighted by molar-refractivity contribution is 5.55. The molecule has 0 fully saturated rings. The maximum absolute atomic E-state index is 4.23. The summed E-state index contributed by atoms with van der Waals surface area (Å²) in [5, 5.41) is 3.28. The van der Waals surface area contributed by atoms with Gasteiger partial charge in [-0.1, -0.05) is 18.7 Å². The Bertz CT molecular complexity index is 366. The first kappa shape index (κ1) is 12.3. The molecule has 1 rings (SSSR count). The molecule has 0 saturated carbocycles. The summed E-state index contributed by atoms with van der Waals surface area (Å²) in [6.07, 6.45) is 7.20. The monoisotopic (exact) mass is 215 g/mol. The molecule has 0 spiro atoms. The third-order valence-electron chi connectivity index (χ3n) is 1.94. The Hall–Kier alpha value is -1.74. The summed E-state index contributed by atoms with van der Waals surface area (Å²) in [6.45, 7) is 7.02. The Labute approximate surface area is 96.6 Å². The van der Waals surface area contributed by atoms with Crippen LogP contribution in [0, 0.1) is 0 Å². The van der Waals surface area contributed by atoms with Crippen LogP contribution in [0.1, 0.15) is 12.6 Å². The van der Waals surface area contributed by atoms with E-state index in [1.165, 1.54) is 0 Å². The summed E-state index contributed by atoms with van der Waals surface area (Å²) >= 11 is 0. The van der Waals surface area contributed by atoms with E-state index in [9.17, 15) is 0 Å². The molecule has 0 radical (unpaired) electrons. The van der Waals surface area contributed by atoms with E-state index in [2.05, 4.69) is 21.9 Å². The molecule has 16 heavy (non-hydrogen) atoms. The van der Waals surface area contributed by atoms with Gasteiger partial charge in [0.05, 0.1) is 11.4 Å². The second-order valence-electron chi connectivity index (χ2n) is 3.21. The van der Waals surface area contributed by atoms with E-state index in [1.54, 1.807) is 18.5 Å². The van der Waals surface area contributed by atoms with Gasteiger partial charge in [0.2, 0.25) is 0 Å². The van der Waals surface area contributed by atoms with E-state index in [0.29, 0.717) is 6.54 Å². The van der Waals surface area contributed by atoms with E-state index in [1.807, 2.05) is 31.2 Å². The van der Waals surface area contributed by atoms with Crippen molar-refractivity contribution in [2.45, 2.75) is 13.5 Å². The van der Waals surface area contributed by atoms with Crippen LogP contribution in [0.3, 0.4) is 0 Å². The van der Waals surface area contributed by atoms with Crippen LogP contribution in [0.25, 0.3) is 0 Å². The third kappa shape index (κ3) is 4.66. The minimum absolute atomic E-state index is 0.715. The summed E-state index contributed by atoms with van der Waals surface area (Å²) in [5.41, 5.74) is 1.99. The van der Waals surface area contributed by atoms with E-state index in [0.717, 1.165) is 17.9 Å². The molecule has 0 aromatic carbocycles. The first-order chi connectivity index (χ1) is 7.86. The highest BCUT2D eigenvalue weighted by atomic mass is 14.9. The number of allylic oxidation sites excluding steroid dienone is 2. The van der Waals surface area contributed by atoms with Crippen molar-refractivity contribution in [1.29, 1.82) is 0 Å². The van der Waals surface area contributed by atoms with Gasteiger partial charge in [0, 0.05) is 25.5 Å². The van der Waals surface area contributed by atoms with Crippen LogP contribution in [0.2, 0.25) is 0 Å². The minimum atomic E-state index is 0.715. The van der Waals surface area contributed by atoms with Crippen molar-refractivity contribution in [3.8, 4) is 0 Å². The molecule has 1 N–H and O–H groups in total. The molecule has 0 aliphatic heterocycles. The molecule has 1 aromatic heterocycles. The number of nitrogens with zero attached hydrogens (tertiary/aromatic N) is 2. The van der Waals surface area contributed by atoms with Gasteiger partial charge in [-0.05, 0) is 25.1 Å². The highest BCUT2D eigenvalue weighted by Crippen LogP contribution is 1.96. The van der Waals surface area contributed by atoms with Crippen molar-refractivity contribution in [2.75, 3.05) is 6.54 Å². The smallest absolute Gasteiger partial charge is 0.0541 e. The van der Waals surface area contributed by atoms with Crippen molar-refractivity contribution in [1.82, 2.24) is 10.3 Å². The van der Waals surface area contributed by atoms with Gasteiger partial charge in [-0.2, -0.15) is 0 Å². The van der Waals surface area contributed by atoms with Crippen LogP contribution >= 0.6 is 0 Å². The maximum atomic E-state index is 4.23. The topological polar surface area (TPSA) is 37.3 Å². The molecule has 0 aliphatic rings. The first-order valence-corrected chi connectivity index (χ1v) is 5.27. The van der Waals surface area contributed by atoms with Gasteiger partial charge in [0.15, 0.2) is 0 Å². The zero-order valence-electron chi connectivity index (χ0n) is 9.56. The van der Waals surface area contributed by atoms with Crippen molar-refractivity contribution in [3.63, 3.8) is 0 Å². The summed E-state index contributed by atoms with van der Waals surface area (Å²) in [5.74, 6) is 0. The fourth-order valence-corrected chi connectivity index (χ4v) is 1.27.